The van der Waals surface area contributed by atoms with E-state index in [0.717, 1.165) is 18.4 Å². The number of carboxylic acid groups (broad SMARTS) is 1. The fraction of sp³-hybridized carbons (Fsp3) is 0.400. The molecular formula is C10H14N2O4S2. The molecule has 0 aliphatic carbocycles. The lowest BCUT2D eigenvalue weighted by Gasteiger charge is -2.05. The van der Waals surface area contributed by atoms with Crippen LogP contribution in [0.1, 0.15) is 16.8 Å². The molecule has 0 bridgehead atoms. The minimum Gasteiger partial charge on any atom is -0.478 e. The second-order valence-corrected chi connectivity index (χ2v) is 6.13. The van der Waals surface area contributed by atoms with Gasteiger partial charge in [-0.25, -0.2) is 22.9 Å². The molecule has 0 aliphatic rings. The molecule has 6 nitrogen and oxygen atoms in total. The maximum atomic E-state index is 11.7. The van der Waals surface area contributed by atoms with Gasteiger partial charge in [0, 0.05) is 12.7 Å². The van der Waals surface area contributed by atoms with Gasteiger partial charge >= 0.3 is 5.97 Å². The number of hydrogen-bond acceptors (Lipinski definition) is 5. The van der Waals surface area contributed by atoms with Crippen molar-refractivity contribution in [3.05, 3.63) is 23.9 Å². The van der Waals surface area contributed by atoms with Crippen LogP contribution in [0.5, 0.6) is 0 Å². The summed E-state index contributed by atoms with van der Waals surface area (Å²) in [4.78, 5) is 14.2. The number of carboxylic acids is 1. The van der Waals surface area contributed by atoms with E-state index in [0.29, 0.717) is 6.54 Å². The third-order valence-corrected chi connectivity index (χ3v) is 4.15. The molecule has 2 N–H and O–H groups in total. The van der Waals surface area contributed by atoms with E-state index in [9.17, 15) is 13.2 Å². The minimum atomic E-state index is -3.65. The van der Waals surface area contributed by atoms with Crippen LogP contribution < -0.4 is 4.72 Å². The van der Waals surface area contributed by atoms with E-state index in [-0.39, 0.29) is 10.6 Å². The highest BCUT2D eigenvalue weighted by atomic mass is 32.2. The summed E-state index contributed by atoms with van der Waals surface area (Å²) in [5, 5.41) is 8.50. The van der Waals surface area contributed by atoms with Crippen LogP contribution >= 0.6 is 11.8 Å². The van der Waals surface area contributed by atoms with Crippen LogP contribution in [0.15, 0.2) is 23.4 Å². The standard InChI is InChI=1S/C10H14N2O4S2/c1-17-6-2-5-12-18(15,16)9-4-3-8(7-11-9)10(13)14/h3-4,7,12H,2,5-6H2,1H3,(H,13,14). The summed E-state index contributed by atoms with van der Waals surface area (Å²) in [5.41, 5.74) is -0.0451. The molecule has 0 atom stereocenters. The van der Waals surface area contributed by atoms with Gasteiger partial charge in [0.25, 0.3) is 10.0 Å². The highest BCUT2D eigenvalue weighted by molar-refractivity contribution is 7.98. The number of aromatic carboxylic acids is 1. The average molecular weight is 290 g/mol. The molecule has 8 heteroatoms. The van der Waals surface area contributed by atoms with Gasteiger partial charge in [0.15, 0.2) is 5.03 Å². The molecule has 0 aromatic carbocycles. The van der Waals surface area contributed by atoms with Crippen LogP contribution in [0.2, 0.25) is 0 Å². The first-order valence-electron chi connectivity index (χ1n) is 5.15. The molecule has 18 heavy (non-hydrogen) atoms. The zero-order valence-electron chi connectivity index (χ0n) is 9.79. The molecular weight excluding hydrogens is 276 g/mol. The van der Waals surface area contributed by atoms with Gasteiger partial charge in [0.1, 0.15) is 0 Å². The number of nitrogens with one attached hydrogen (secondary N) is 1. The average Bonchev–Trinajstić information content (AvgIpc) is 2.35. The quantitative estimate of drug-likeness (QED) is 0.721. The normalized spacial score (nSPS) is 11.4. The minimum absolute atomic E-state index is 0.0451. The Morgan fingerprint density at radius 2 is 2.22 bits per heavy atom. The summed E-state index contributed by atoms with van der Waals surface area (Å²) in [7, 11) is -3.65. The Balaban J connectivity index is 2.70. The summed E-state index contributed by atoms with van der Waals surface area (Å²) in [6.45, 7) is 0.339. The van der Waals surface area contributed by atoms with E-state index < -0.39 is 16.0 Å². The van der Waals surface area contributed by atoms with Gasteiger partial charge in [-0.3, -0.25) is 0 Å². The van der Waals surface area contributed by atoms with Crippen LogP contribution in [0.3, 0.4) is 0 Å². The molecule has 0 saturated heterocycles. The Kier molecular flexibility index (Phi) is 5.57. The number of carbonyl (C=O) groups is 1. The summed E-state index contributed by atoms with van der Waals surface area (Å²) < 4.78 is 25.9. The number of thioether (sulfide) groups is 1. The highest BCUT2D eigenvalue weighted by Crippen LogP contribution is 2.06. The molecule has 1 heterocycles. The Morgan fingerprint density at radius 1 is 1.50 bits per heavy atom. The monoisotopic (exact) mass is 290 g/mol. The second-order valence-electron chi connectivity index (χ2n) is 3.43. The first kappa shape index (κ1) is 14.9. The van der Waals surface area contributed by atoms with Crippen molar-refractivity contribution in [2.45, 2.75) is 11.4 Å². The van der Waals surface area contributed by atoms with Gasteiger partial charge < -0.3 is 5.11 Å². The molecule has 1 aromatic rings. The molecule has 0 unspecified atom stereocenters. The summed E-state index contributed by atoms with van der Waals surface area (Å²) in [6.07, 6.45) is 3.70. The third-order valence-electron chi connectivity index (χ3n) is 2.08. The SMILES string of the molecule is CSCCCNS(=O)(=O)c1ccc(C(=O)O)cn1. The van der Waals surface area contributed by atoms with Gasteiger partial charge in [0.2, 0.25) is 0 Å². The molecule has 100 valence electrons. The fourth-order valence-corrected chi connectivity index (χ4v) is 2.60. The topological polar surface area (TPSA) is 96.4 Å². The van der Waals surface area contributed by atoms with Crippen molar-refractivity contribution < 1.29 is 18.3 Å². The summed E-state index contributed by atoms with van der Waals surface area (Å²) in [5.74, 6) is -0.271. The lowest BCUT2D eigenvalue weighted by Crippen LogP contribution is -2.26. The molecule has 0 saturated carbocycles. The van der Waals surface area contributed by atoms with E-state index in [2.05, 4.69) is 9.71 Å². The maximum absolute atomic E-state index is 11.7. The molecule has 0 amide bonds. The van der Waals surface area contributed by atoms with Gasteiger partial charge in [0.05, 0.1) is 5.56 Å². The predicted octanol–water partition coefficient (Wildman–Crippen LogP) is 0.811. The van der Waals surface area contributed by atoms with Crippen molar-refractivity contribution in [3.63, 3.8) is 0 Å². The van der Waals surface area contributed by atoms with E-state index in [1.54, 1.807) is 11.8 Å². The Labute approximate surface area is 110 Å². The number of aromatic nitrogens is 1. The lowest BCUT2D eigenvalue weighted by atomic mass is 10.3. The number of pyridine rings is 1. The fourth-order valence-electron chi connectivity index (χ4n) is 1.16. The van der Waals surface area contributed by atoms with E-state index in [4.69, 9.17) is 5.11 Å². The van der Waals surface area contributed by atoms with E-state index in [1.165, 1.54) is 12.1 Å². The summed E-state index contributed by atoms with van der Waals surface area (Å²) in [6, 6.07) is 2.39. The molecule has 0 spiro atoms. The van der Waals surface area contributed by atoms with Crippen molar-refractivity contribution in [2.75, 3.05) is 18.6 Å². The Bertz CT molecular complexity index is 499. The predicted molar refractivity (Wildman–Crippen MR) is 69.4 cm³/mol. The van der Waals surface area contributed by atoms with Gasteiger partial charge in [-0.05, 0) is 30.6 Å². The van der Waals surface area contributed by atoms with Gasteiger partial charge in [-0.1, -0.05) is 0 Å². The first-order valence-corrected chi connectivity index (χ1v) is 8.03. The zero-order valence-corrected chi connectivity index (χ0v) is 11.4. The Hall–Kier alpha value is -1.12. The van der Waals surface area contributed by atoms with Crippen LogP contribution in [-0.2, 0) is 10.0 Å². The van der Waals surface area contributed by atoms with Crippen molar-refractivity contribution in [1.29, 1.82) is 0 Å². The number of sulfonamides is 1. The molecule has 0 fully saturated rings. The first-order chi connectivity index (χ1) is 8.47. The number of hydrogen-bond donors (Lipinski definition) is 2. The van der Waals surface area contributed by atoms with Crippen LogP contribution in [0, 0.1) is 0 Å². The van der Waals surface area contributed by atoms with Gasteiger partial charge in [-0.15, -0.1) is 0 Å². The Morgan fingerprint density at radius 3 is 2.72 bits per heavy atom. The molecule has 0 aliphatic heterocycles. The van der Waals surface area contributed by atoms with Gasteiger partial charge in [-0.2, -0.15) is 11.8 Å². The van der Waals surface area contributed by atoms with Crippen molar-refractivity contribution in [3.8, 4) is 0 Å². The lowest BCUT2D eigenvalue weighted by molar-refractivity contribution is 0.0696. The van der Waals surface area contributed by atoms with Crippen LogP contribution in [0.25, 0.3) is 0 Å². The van der Waals surface area contributed by atoms with Crippen molar-refractivity contribution >= 4 is 27.8 Å². The molecule has 0 radical (unpaired) electrons. The van der Waals surface area contributed by atoms with E-state index >= 15 is 0 Å². The molecule has 1 rings (SSSR count). The van der Waals surface area contributed by atoms with Crippen LogP contribution in [-0.4, -0.2) is 43.0 Å². The molecule has 1 aromatic heterocycles. The smallest absolute Gasteiger partial charge is 0.337 e. The third kappa shape index (κ3) is 4.28. The second kappa shape index (κ2) is 6.72. The van der Waals surface area contributed by atoms with E-state index in [1.807, 2.05) is 6.26 Å². The van der Waals surface area contributed by atoms with Crippen LogP contribution in [0.4, 0.5) is 0 Å². The number of rotatable bonds is 7. The maximum Gasteiger partial charge on any atom is 0.337 e. The van der Waals surface area contributed by atoms with Crippen molar-refractivity contribution in [2.24, 2.45) is 0 Å². The highest BCUT2D eigenvalue weighted by Gasteiger charge is 2.15. The summed E-state index contributed by atoms with van der Waals surface area (Å²) >= 11 is 1.64. The largest absolute Gasteiger partial charge is 0.478 e. The number of nitrogens with zero attached hydrogens (tertiary/aromatic N) is 1. The van der Waals surface area contributed by atoms with Crippen molar-refractivity contribution in [1.82, 2.24) is 9.71 Å². The zero-order chi connectivity index (χ0) is 13.6.